The molecule has 0 aliphatic carbocycles. The summed E-state index contributed by atoms with van der Waals surface area (Å²) < 4.78 is 0. The third-order valence-corrected chi connectivity index (χ3v) is 2.83. The van der Waals surface area contributed by atoms with E-state index < -0.39 is 12.0 Å². The van der Waals surface area contributed by atoms with Crippen LogP contribution in [-0.2, 0) is 4.79 Å². The van der Waals surface area contributed by atoms with Crippen molar-refractivity contribution in [2.45, 2.75) is 19.4 Å². The van der Waals surface area contributed by atoms with Crippen molar-refractivity contribution in [1.82, 2.24) is 0 Å². The van der Waals surface area contributed by atoms with E-state index in [2.05, 4.69) is 0 Å². The Hall–Kier alpha value is -1.73. The molecule has 1 atom stereocenters. The van der Waals surface area contributed by atoms with Crippen molar-refractivity contribution in [1.29, 1.82) is 5.26 Å². The maximum absolute atomic E-state index is 11.1. The van der Waals surface area contributed by atoms with Crippen LogP contribution in [0, 0.1) is 11.3 Å². The molecule has 0 radical (unpaired) electrons. The Morgan fingerprint density at radius 1 is 1.65 bits per heavy atom. The van der Waals surface area contributed by atoms with Crippen molar-refractivity contribution in [3.8, 4) is 6.07 Å². The summed E-state index contributed by atoms with van der Waals surface area (Å²) in [6.45, 7) is 1.79. The van der Waals surface area contributed by atoms with E-state index in [0.717, 1.165) is 0 Å². The van der Waals surface area contributed by atoms with Gasteiger partial charge < -0.3 is 10.0 Å². The quantitative estimate of drug-likeness (QED) is 0.894. The molecule has 1 rings (SSSR count). The number of halogens is 1. The Kier molecular flexibility index (Phi) is 4.36. The fourth-order valence-electron chi connectivity index (χ4n) is 1.69. The molecule has 0 bridgehead atoms. The van der Waals surface area contributed by atoms with E-state index >= 15 is 0 Å². The third kappa shape index (κ3) is 2.89. The van der Waals surface area contributed by atoms with Crippen molar-refractivity contribution >= 4 is 23.3 Å². The molecule has 0 aliphatic rings. The predicted octanol–water partition coefficient (Wildman–Crippen LogP) is 2.51. The second kappa shape index (κ2) is 5.55. The smallest absolute Gasteiger partial charge is 0.326 e. The molecule has 0 fully saturated rings. The molecular formula is C12H13ClN2O2. The summed E-state index contributed by atoms with van der Waals surface area (Å²) in [5, 5.41) is 18.5. The number of carboxylic acids is 1. The molecule has 0 saturated carbocycles. The number of carbonyl (C=O) groups is 1. The van der Waals surface area contributed by atoms with Crippen LogP contribution >= 0.6 is 11.6 Å². The van der Waals surface area contributed by atoms with Crippen molar-refractivity contribution in [2.75, 3.05) is 11.9 Å². The Morgan fingerprint density at radius 3 is 2.76 bits per heavy atom. The molecular weight excluding hydrogens is 240 g/mol. The molecule has 0 aliphatic heterocycles. The average molecular weight is 253 g/mol. The highest BCUT2D eigenvalue weighted by Crippen LogP contribution is 2.25. The third-order valence-electron chi connectivity index (χ3n) is 2.60. The van der Waals surface area contributed by atoms with Gasteiger partial charge in [0.2, 0.25) is 0 Å². The summed E-state index contributed by atoms with van der Waals surface area (Å²) in [4.78, 5) is 12.6. The first-order valence-corrected chi connectivity index (χ1v) is 5.54. The minimum absolute atomic E-state index is 0.375. The van der Waals surface area contributed by atoms with Crippen LogP contribution in [0.2, 0.25) is 5.02 Å². The first-order valence-electron chi connectivity index (χ1n) is 5.16. The molecule has 17 heavy (non-hydrogen) atoms. The molecule has 0 amide bonds. The minimum atomic E-state index is -0.908. The predicted molar refractivity (Wildman–Crippen MR) is 66.3 cm³/mol. The summed E-state index contributed by atoms with van der Waals surface area (Å²) in [5.41, 5.74) is 0.950. The van der Waals surface area contributed by atoms with E-state index in [1.807, 2.05) is 6.07 Å². The molecule has 0 spiro atoms. The number of hydrogen-bond acceptors (Lipinski definition) is 3. The Balaban J connectivity index is 3.16. The molecule has 4 nitrogen and oxygen atoms in total. The standard InChI is InChI=1S/C12H13ClN2O2/c1-3-10(12(16)17)15(2)11-5-4-9(13)6-8(11)7-14/h4-6,10H,3H2,1-2H3,(H,16,17). The van der Waals surface area contributed by atoms with Crippen molar-refractivity contribution in [2.24, 2.45) is 0 Å². The lowest BCUT2D eigenvalue weighted by molar-refractivity contribution is -0.138. The van der Waals surface area contributed by atoms with E-state index in [-0.39, 0.29) is 0 Å². The SMILES string of the molecule is CCC(C(=O)O)N(C)c1ccc(Cl)cc1C#N. The lowest BCUT2D eigenvalue weighted by atomic mass is 10.1. The number of anilines is 1. The fraction of sp³-hybridized carbons (Fsp3) is 0.333. The number of benzene rings is 1. The number of nitriles is 1. The van der Waals surface area contributed by atoms with Gasteiger partial charge in [0, 0.05) is 12.1 Å². The van der Waals surface area contributed by atoms with Crippen LogP contribution in [0.3, 0.4) is 0 Å². The van der Waals surface area contributed by atoms with Gasteiger partial charge in [0.15, 0.2) is 0 Å². The second-order valence-electron chi connectivity index (χ2n) is 3.65. The first kappa shape index (κ1) is 13.3. The summed E-state index contributed by atoms with van der Waals surface area (Å²) in [6.07, 6.45) is 0.458. The maximum atomic E-state index is 11.1. The zero-order valence-corrected chi connectivity index (χ0v) is 10.4. The van der Waals surface area contributed by atoms with E-state index in [1.54, 1.807) is 31.0 Å². The summed E-state index contributed by atoms with van der Waals surface area (Å²) in [6, 6.07) is 6.20. The number of hydrogen-bond donors (Lipinski definition) is 1. The first-order chi connectivity index (χ1) is 8.01. The van der Waals surface area contributed by atoms with Crippen molar-refractivity contribution in [3.05, 3.63) is 28.8 Å². The van der Waals surface area contributed by atoms with Crippen LogP contribution in [0.4, 0.5) is 5.69 Å². The topological polar surface area (TPSA) is 64.3 Å². The maximum Gasteiger partial charge on any atom is 0.326 e. The van der Waals surface area contributed by atoms with Gasteiger partial charge in [0.25, 0.3) is 0 Å². The number of carboxylic acid groups (broad SMARTS) is 1. The molecule has 5 heteroatoms. The Bertz CT molecular complexity index is 468. The lowest BCUT2D eigenvalue weighted by Gasteiger charge is -2.26. The van der Waals surface area contributed by atoms with Gasteiger partial charge in [0.1, 0.15) is 12.1 Å². The van der Waals surface area contributed by atoms with Gasteiger partial charge in [-0.15, -0.1) is 0 Å². The van der Waals surface area contributed by atoms with Crippen LogP contribution in [0.15, 0.2) is 18.2 Å². The van der Waals surface area contributed by atoms with Gasteiger partial charge in [-0.3, -0.25) is 0 Å². The number of nitrogens with zero attached hydrogens (tertiary/aromatic N) is 2. The van der Waals surface area contributed by atoms with Crippen LogP contribution in [0.5, 0.6) is 0 Å². The monoisotopic (exact) mass is 252 g/mol. The van der Waals surface area contributed by atoms with E-state index in [9.17, 15) is 4.79 Å². The van der Waals surface area contributed by atoms with Gasteiger partial charge in [-0.1, -0.05) is 18.5 Å². The van der Waals surface area contributed by atoms with E-state index in [0.29, 0.717) is 22.7 Å². The van der Waals surface area contributed by atoms with Gasteiger partial charge in [-0.25, -0.2) is 4.79 Å². The lowest BCUT2D eigenvalue weighted by Crippen LogP contribution is -2.38. The number of likely N-dealkylation sites (N-methyl/N-ethyl adjacent to an activating group) is 1. The van der Waals surface area contributed by atoms with Crippen LogP contribution < -0.4 is 4.90 Å². The highest BCUT2D eigenvalue weighted by atomic mass is 35.5. The largest absolute Gasteiger partial charge is 0.480 e. The summed E-state index contributed by atoms with van der Waals surface area (Å²) in [7, 11) is 1.66. The van der Waals surface area contributed by atoms with Gasteiger partial charge in [-0.05, 0) is 24.6 Å². The number of aliphatic carboxylic acids is 1. The van der Waals surface area contributed by atoms with Gasteiger partial charge >= 0.3 is 5.97 Å². The van der Waals surface area contributed by atoms with Crippen LogP contribution in [0.25, 0.3) is 0 Å². The molecule has 0 aromatic heterocycles. The fourth-order valence-corrected chi connectivity index (χ4v) is 1.86. The molecule has 1 unspecified atom stereocenters. The van der Waals surface area contributed by atoms with Crippen LogP contribution in [0.1, 0.15) is 18.9 Å². The highest BCUT2D eigenvalue weighted by molar-refractivity contribution is 6.30. The van der Waals surface area contributed by atoms with Gasteiger partial charge in [-0.2, -0.15) is 5.26 Å². The molecule has 0 heterocycles. The van der Waals surface area contributed by atoms with Crippen LogP contribution in [-0.4, -0.2) is 24.2 Å². The van der Waals surface area contributed by atoms with Crippen molar-refractivity contribution < 1.29 is 9.90 Å². The Labute approximate surface area is 105 Å². The zero-order chi connectivity index (χ0) is 13.0. The Morgan fingerprint density at radius 2 is 2.29 bits per heavy atom. The molecule has 1 aromatic carbocycles. The normalized spacial score (nSPS) is 11.6. The summed E-state index contributed by atoms with van der Waals surface area (Å²) in [5.74, 6) is -0.908. The highest BCUT2D eigenvalue weighted by Gasteiger charge is 2.22. The average Bonchev–Trinajstić information content (AvgIpc) is 2.28. The van der Waals surface area contributed by atoms with Crippen molar-refractivity contribution in [3.63, 3.8) is 0 Å². The second-order valence-corrected chi connectivity index (χ2v) is 4.08. The molecule has 90 valence electrons. The van der Waals surface area contributed by atoms with E-state index in [4.69, 9.17) is 22.0 Å². The van der Waals surface area contributed by atoms with Gasteiger partial charge in [0.05, 0.1) is 11.3 Å². The zero-order valence-electron chi connectivity index (χ0n) is 9.64. The van der Waals surface area contributed by atoms with E-state index in [1.165, 1.54) is 6.07 Å². The number of rotatable bonds is 4. The molecule has 1 N–H and O–H groups in total. The molecule has 0 saturated heterocycles. The summed E-state index contributed by atoms with van der Waals surface area (Å²) >= 11 is 5.79. The molecule has 1 aromatic rings. The minimum Gasteiger partial charge on any atom is -0.480 e.